The van der Waals surface area contributed by atoms with Crippen molar-refractivity contribution in [1.29, 1.82) is 10.5 Å². The van der Waals surface area contributed by atoms with E-state index in [4.69, 9.17) is 9.47 Å². The summed E-state index contributed by atoms with van der Waals surface area (Å²) in [5.41, 5.74) is 0.988. The van der Waals surface area contributed by atoms with Crippen LogP contribution in [-0.4, -0.2) is 18.2 Å². The first-order chi connectivity index (χ1) is 11.8. The highest BCUT2D eigenvalue weighted by atomic mass is 16.5. The van der Waals surface area contributed by atoms with Gasteiger partial charge in [0, 0.05) is 11.6 Å². The Kier molecular flexibility index (Phi) is 6.40. The van der Waals surface area contributed by atoms with Crippen molar-refractivity contribution in [2.75, 3.05) is 13.2 Å². The molecule has 5 nitrogen and oxygen atoms in total. The third kappa shape index (κ3) is 3.58. The van der Waals surface area contributed by atoms with Gasteiger partial charge in [-0.3, -0.25) is 4.98 Å². The fourth-order valence-electron chi connectivity index (χ4n) is 2.39. The van der Waals surface area contributed by atoms with E-state index >= 15 is 0 Å². The Morgan fingerprint density at radius 3 is 2.12 bits per heavy atom. The molecule has 0 saturated heterocycles. The van der Waals surface area contributed by atoms with E-state index in [-0.39, 0.29) is 11.1 Å². The molecule has 1 aromatic carbocycles. The van der Waals surface area contributed by atoms with E-state index in [1.165, 1.54) is 0 Å². The van der Waals surface area contributed by atoms with Crippen LogP contribution in [0.1, 0.15) is 50.7 Å². The molecule has 0 aliphatic carbocycles. The SMILES string of the molecule is CCCCOc1c(C#N)c(C#N)c(OCCCC)c2ncccc12. The maximum atomic E-state index is 9.59. The first-order valence-corrected chi connectivity index (χ1v) is 8.28. The first kappa shape index (κ1) is 17.6. The monoisotopic (exact) mass is 323 g/mol. The number of hydrogen-bond donors (Lipinski definition) is 0. The highest BCUT2D eigenvalue weighted by Crippen LogP contribution is 2.39. The summed E-state index contributed by atoms with van der Waals surface area (Å²) < 4.78 is 11.6. The highest BCUT2D eigenvalue weighted by Gasteiger charge is 2.22. The van der Waals surface area contributed by atoms with Crippen molar-refractivity contribution in [2.45, 2.75) is 39.5 Å². The van der Waals surface area contributed by atoms with Crippen LogP contribution in [0.25, 0.3) is 10.9 Å². The molecule has 24 heavy (non-hydrogen) atoms. The molecule has 0 saturated carbocycles. The lowest BCUT2D eigenvalue weighted by molar-refractivity contribution is 0.304. The number of hydrogen-bond acceptors (Lipinski definition) is 5. The Balaban J connectivity index is 2.63. The summed E-state index contributed by atoms with van der Waals surface area (Å²) in [7, 11) is 0. The van der Waals surface area contributed by atoms with Gasteiger partial charge in [0.25, 0.3) is 0 Å². The number of fused-ring (bicyclic) bond motifs is 1. The summed E-state index contributed by atoms with van der Waals surface area (Å²) in [6.45, 7) is 5.11. The molecule has 2 aromatic rings. The average molecular weight is 323 g/mol. The third-order valence-corrected chi connectivity index (χ3v) is 3.68. The van der Waals surface area contributed by atoms with Gasteiger partial charge in [0.2, 0.25) is 0 Å². The topological polar surface area (TPSA) is 78.9 Å². The molecule has 0 aliphatic heterocycles. The molecule has 0 aliphatic rings. The normalized spacial score (nSPS) is 10.2. The molecular weight excluding hydrogens is 302 g/mol. The van der Waals surface area contributed by atoms with Gasteiger partial charge >= 0.3 is 0 Å². The number of unbranched alkanes of at least 4 members (excludes halogenated alkanes) is 2. The number of aromatic nitrogens is 1. The van der Waals surface area contributed by atoms with E-state index in [0.717, 1.165) is 25.7 Å². The molecule has 0 spiro atoms. The van der Waals surface area contributed by atoms with Crippen LogP contribution in [0.15, 0.2) is 18.3 Å². The van der Waals surface area contributed by atoms with E-state index in [2.05, 4.69) is 31.0 Å². The Bertz CT molecular complexity index is 721. The smallest absolute Gasteiger partial charge is 0.164 e. The Hall–Kier alpha value is -2.79. The largest absolute Gasteiger partial charge is 0.491 e. The predicted molar refractivity (Wildman–Crippen MR) is 92.0 cm³/mol. The summed E-state index contributed by atoms with van der Waals surface area (Å²) in [6.07, 6.45) is 5.37. The van der Waals surface area contributed by atoms with E-state index in [1.807, 2.05) is 6.07 Å². The van der Waals surface area contributed by atoms with Crippen molar-refractivity contribution < 1.29 is 9.47 Å². The summed E-state index contributed by atoms with van der Waals surface area (Å²) in [4.78, 5) is 4.37. The molecule has 0 amide bonds. The zero-order valence-electron chi connectivity index (χ0n) is 14.1. The van der Waals surface area contributed by atoms with E-state index in [0.29, 0.717) is 35.6 Å². The number of pyridine rings is 1. The van der Waals surface area contributed by atoms with Gasteiger partial charge in [-0.1, -0.05) is 26.7 Å². The maximum Gasteiger partial charge on any atom is 0.164 e. The van der Waals surface area contributed by atoms with Gasteiger partial charge in [-0.05, 0) is 25.0 Å². The molecule has 0 atom stereocenters. The fraction of sp³-hybridized carbons (Fsp3) is 0.421. The average Bonchev–Trinajstić information content (AvgIpc) is 2.62. The molecule has 1 aromatic heterocycles. The van der Waals surface area contributed by atoms with Crippen LogP contribution in [0.5, 0.6) is 11.5 Å². The minimum absolute atomic E-state index is 0.200. The van der Waals surface area contributed by atoms with Gasteiger partial charge in [-0.15, -0.1) is 0 Å². The van der Waals surface area contributed by atoms with Crippen LogP contribution in [0.3, 0.4) is 0 Å². The second-order valence-electron chi connectivity index (χ2n) is 5.44. The molecule has 2 rings (SSSR count). The molecule has 5 heteroatoms. The summed E-state index contributed by atoms with van der Waals surface area (Å²) in [6, 6.07) is 7.84. The zero-order chi connectivity index (χ0) is 17.4. The summed E-state index contributed by atoms with van der Waals surface area (Å²) >= 11 is 0. The fourth-order valence-corrected chi connectivity index (χ4v) is 2.39. The van der Waals surface area contributed by atoms with Crippen LogP contribution in [-0.2, 0) is 0 Å². The number of benzene rings is 1. The van der Waals surface area contributed by atoms with Crippen LogP contribution >= 0.6 is 0 Å². The van der Waals surface area contributed by atoms with Gasteiger partial charge in [-0.2, -0.15) is 10.5 Å². The zero-order valence-corrected chi connectivity index (χ0v) is 14.1. The standard InChI is InChI=1S/C19H21N3O2/c1-3-5-10-23-18-14-8-7-9-22-17(14)19(24-11-6-4-2)16(13-21)15(18)12-20/h7-9H,3-6,10-11H2,1-2H3. The Morgan fingerprint density at radius 2 is 1.54 bits per heavy atom. The lowest BCUT2D eigenvalue weighted by Gasteiger charge is -2.16. The lowest BCUT2D eigenvalue weighted by Crippen LogP contribution is -2.06. The predicted octanol–water partition coefficient (Wildman–Crippen LogP) is 4.34. The van der Waals surface area contributed by atoms with Crippen molar-refractivity contribution in [1.82, 2.24) is 4.98 Å². The molecule has 0 unspecified atom stereocenters. The minimum atomic E-state index is 0.200. The Morgan fingerprint density at radius 1 is 0.958 bits per heavy atom. The van der Waals surface area contributed by atoms with Crippen LogP contribution in [0.4, 0.5) is 0 Å². The molecule has 0 fully saturated rings. The summed E-state index contributed by atoms with van der Waals surface area (Å²) in [5, 5.41) is 19.9. The summed E-state index contributed by atoms with van der Waals surface area (Å²) in [5.74, 6) is 0.800. The molecule has 0 radical (unpaired) electrons. The minimum Gasteiger partial charge on any atom is -0.491 e. The van der Waals surface area contributed by atoms with Gasteiger partial charge in [0.1, 0.15) is 34.5 Å². The second-order valence-corrected chi connectivity index (χ2v) is 5.44. The number of nitriles is 2. The van der Waals surface area contributed by atoms with Gasteiger partial charge < -0.3 is 9.47 Å². The number of rotatable bonds is 8. The first-order valence-electron chi connectivity index (χ1n) is 8.28. The maximum absolute atomic E-state index is 9.59. The Labute approximate surface area is 142 Å². The number of nitrogens with zero attached hydrogens (tertiary/aromatic N) is 3. The lowest BCUT2D eigenvalue weighted by atomic mass is 10.0. The van der Waals surface area contributed by atoms with Gasteiger partial charge in [-0.25, -0.2) is 0 Å². The van der Waals surface area contributed by atoms with Crippen molar-refractivity contribution in [2.24, 2.45) is 0 Å². The number of ether oxygens (including phenoxy) is 2. The van der Waals surface area contributed by atoms with Crippen molar-refractivity contribution >= 4 is 10.9 Å². The van der Waals surface area contributed by atoms with E-state index in [1.54, 1.807) is 12.3 Å². The molecule has 0 N–H and O–H groups in total. The van der Waals surface area contributed by atoms with Crippen LogP contribution in [0.2, 0.25) is 0 Å². The molecule has 124 valence electrons. The van der Waals surface area contributed by atoms with E-state index in [9.17, 15) is 10.5 Å². The van der Waals surface area contributed by atoms with E-state index < -0.39 is 0 Å². The van der Waals surface area contributed by atoms with Crippen molar-refractivity contribution in [3.8, 4) is 23.6 Å². The van der Waals surface area contributed by atoms with Gasteiger partial charge in [0.15, 0.2) is 5.75 Å². The van der Waals surface area contributed by atoms with Crippen LogP contribution in [0, 0.1) is 22.7 Å². The van der Waals surface area contributed by atoms with Gasteiger partial charge in [0.05, 0.1) is 13.2 Å². The van der Waals surface area contributed by atoms with Crippen LogP contribution < -0.4 is 9.47 Å². The molecule has 0 bridgehead atoms. The van der Waals surface area contributed by atoms with Crippen molar-refractivity contribution in [3.05, 3.63) is 29.5 Å². The second kappa shape index (κ2) is 8.74. The third-order valence-electron chi connectivity index (χ3n) is 3.68. The van der Waals surface area contributed by atoms with Crippen molar-refractivity contribution in [3.63, 3.8) is 0 Å². The highest BCUT2D eigenvalue weighted by molar-refractivity contribution is 5.95. The quantitative estimate of drug-likeness (QED) is 0.675. The molecule has 1 heterocycles. The molecular formula is C19H21N3O2.